The molecule has 1 unspecified atom stereocenters. The number of nitrogens with zero attached hydrogens (tertiary/aromatic N) is 1. The number of imidazole rings is 1. The van der Waals surface area contributed by atoms with Crippen LogP contribution in [0.25, 0.3) is 11.0 Å². The number of hydrogen-bond donors (Lipinski definition) is 3. The van der Waals surface area contributed by atoms with Crippen LogP contribution in [0.3, 0.4) is 0 Å². The normalized spacial score (nSPS) is 16.5. The lowest BCUT2D eigenvalue weighted by molar-refractivity contribution is -0.151. The second-order valence-corrected chi connectivity index (χ2v) is 6.56. The molecule has 26 heavy (non-hydrogen) atoms. The topological polar surface area (TPSA) is 107 Å². The van der Waals surface area contributed by atoms with Crippen LogP contribution in [0, 0.1) is 5.92 Å². The van der Waals surface area contributed by atoms with Crippen molar-refractivity contribution in [1.82, 2.24) is 14.9 Å². The van der Waals surface area contributed by atoms with Crippen molar-refractivity contribution in [2.75, 3.05) is 25.0 Å². The zero-order chi connectivity index (χ0) is 18.7. The van der Waals surface area contributed by atoms with E-state index >= 15 is 0 Å². The van der Waals surface area contributed by atoms with Crippen molar-refractivity contribution < 1.29 is 14.3 Å². The average Bonchev–Trinajstić information content (AvgIpc) is 3.00. The number of carbonyl (C=O) groups excluding carboxylic acids is 2. The number of ether oxygens (including phenoxy) is 1. The summed E-state index contributed by atoms with van der Waals surface area (Å²) in [6.45, 7) is 5.10. The zero-order valence-electron chi connectivity index (χ0n) is 15.0. The van der Waals surface area contributed by atoms with E-state index in [9.17, 15) is 14.4 Å². The van der Waals surface area contributed by atoms with Gasteiger partial charge in [0.25, 0.3) is 0 Å². The Labute approximate surface area is 150 Å². The van der Waals surface area contributed by atoms with Gasteiger partial charge in [0.15, 0.2) is 0 Å². The van der Waals surface area contributed by atoms with E-state index in [4.69, 9.17) is 4.74 Å². The van der Waals surface area contributed by atoms with Crippen molar-refractivity contribution in [2.45, 2.75) is 32.7 Å². The standard InChI is InChI=1S/C18H24N4O4/c1-3-26-17(24)12-6-8-22(9-7-12)16(23)11(2)19-13-4-5-14-15(10-13)21-18(25)20-14/h4-5,10-12,19H,3,6-9H2,1-2H3,(H2,20,21,25). The number of nitrogens with one attached hydrogen (secondary N) is 3. The number of esters is 1. The quantitative estimate of drug-likeness (QED) is 0.700. The third-order valence-corrected chi connectivity index (χ3v) is 4.70. The van der Waals surface area contributed by atoms with E-state index in [0.717, 1.165) is 11.2 Å². The van der Waals surface area contributed by atoms with Gasteiger partial charge in [0.05, 0.1) is 23.6 Å². The van der Waals surface area contributed by atoms with E-state index in [1.807, 2.05) is 13.0 Å². The Balaban J connectivity index is 1.57. The zero-order valence-corrected chi connectivity index (χ0v) is 15.0. The van der Waals surface area contributed by atoms with Gasteiger partial charge in [-0.15, -0.1) is 0 Å². The summed E-state index contributed by atoms with van der Waals surface area (Å²) in [5.74, 6) is -0.287. The first kappa shape index (κ1) is 18.0. The molecule has 8 nitrogen and oxygen atoms in total. The van der Waals surface area contributed by atoms with Crippen molar-refractivity contribution in [1.29, 1.82) is 0 Å². The van der Waals surface area contributed by atoms with Gasteiger partial charge in [-0.3, -0.25) is 9.59 Å². The molecule has 3 N–H and O–H groups in total. The van der Waals surface area contributed by atoms with Gasteiger partial charge in [0.2, 0.25) is 5.91 Å². The molecule has 140 valence electrons. The van der Waals surface area contributed by atoms with Crippen molar-refractivity contribution in [3.8, 4) is 0 Å². The minimum absolute atomic E-state index is 0.00466. The number of benzene rings is 1. The fourth-order valence-corrected chi connectivity index (χ4v) is 3.30. The second-order valence-electron chi connectivity index (χ2n) is 6.56. The molecule has 0 bridgehead atoms. The molecular weight excluding hydrogens is 336 g/mol. The highest BCUT2D eigenvalue weighted by molar-refractivity contribution is 5.86. The average molecular weight is 360 g/mol. The Hall–Kier alpha value is -2.77. The maximum absolute atomic E-state index is 12.7. The summed E-state index contributed by atoms with van der Waals surface area (Å²) >= 11 is 0. The number of carbonyl (C=O) groups is 2. The van der Waals surface area contributed by atoms with Crippen molar-refractivity contribution >= 4 is 28.6 Å². The number of hydrogen-bond acceptors (Lipinski definition) is 5. The summed E-state index contributed by atoms with van der Waals surface area (Å²) in [5, 5.41) is 3.18. The first-order valence-electron chi connectivity index (χ1n) is 8.92. The van der Waals surface area contributed by atoms with Crippen LogP contribution in [0.1, 0.15) is 26.7 Å². The molecule has 1 saturated heterocycles. The fraction of sp³-hybridized carbons (Fsp3) is 0.500. The number of likely N-dealkylation sites (tertiary alicyclic amines) is 1. The van der Waals surface area contributed by atoms with Gasteiger partial charge in [-0.05, 0) is 44.9 Å². The summed E-state index contributed by atoms with van der Waals surface area (Å²) in [7, 11) is 0. The van der Waals surface area contributed by atoms with E-state index in [1.165, 1.54) is 0 Å². The SMILES string of the molecule is CCOC(=O)C1CCN(C(=O)C(C)Nc2ccc3[nH]c(=O)[nH]c3c2)CC1. The number of amides is 1. The summed E-state index contributed by atoms with van der Waals surface area (Å²) < 4.78 is 5.06. The molecule has 1 aromatic carbocycles. The van der Waals surface area contributed by atoms with E-state index < -0.39 is 6.04 Å². The largest absolute Gasteiger partial charge is 0.466 e. The number of fused-ring (bicyclic) bond motifs is 1. The molecule has 1 aliphatic rings. The first-order chi connectivity index (χ1) is 12.5. The van der Waals surface area contributed by atoms with Crippen LogP contribution in [0.5, 0.6) is 0 Å². The van der Waals surface area contributed by atoms with E-state index in [0.29, 0.717) is 38.1 Å². The molecular formula is C18H24N4O4. The van der Waals surface area contributed by atoms with E-state index in [-0.39, 0.29) is 23.5 Å². The van der Waals surface area contributed by atoms with Crippen LogP contribution in [0.4, 0.5) is 5.69 Å². The third kappa shape index (κ3) is 3.89. The molecule has 0 radical (unpaired) electrons. The van der Waals surface area contributed by atoms with Crippen LogP contribution < -0.4 is 11.0 Å². The van der Waals surface area contributed by atoms with E-state index in [2.05, 4.69) is 15.3 Å². The number of piperidine rings is 1. The molecule has 0 aliphatic carbocycles. The van der Waals surface area contributed by atoms with Gasteiger partial charge in [-0.2, -0.15) is 0 Å². The van der Waals surface area contributed by atoms with Gasteiger partial charge in [-0.25, -0.2) is 4.79 Å². The van der Waals surface area contributed by atoms with Gasteiger partial charge in [-0.1, -0.05) is 0 Å². The molecule has 1 fully saturated rings. The maximum atomic E-state index is 12.7. The predicted octanol–water partition coefficient (Wildman–Crippen LogP) is 1.46. The summed E-state index contributed by atoms with van der Waals surface area (Å²) in [5.41, 5.74) is 1.91. The first-order valence-corrected chi connectivity index (χ1v) is 8.92. The summed E-state index contributed by atoms with van der Waals surface area (Å²) in [6, 6.07) is 5.00. The molecule has 1 amide bonds. The van der Waals surface area contributed by atoms with Crippen molar-refractivity contribution in [2.24, 2.45) is 5.92 Å². The van der Waals surface area contributed by atoms with E-state index in [1.54, 1.807) is 24.0 Å². The minimum Gasteiger partial charge on any atom is -0.466 e. The highest BCUT2D eigenvalue weighted by Gasteiger charge is 2.30. The van der Waals surface area contributed by atoms with Crippen LogP contribution in [-0.2, 0) is 14.3 Å². The Morgan fingerprint density at radius 1 is 1.27 bits per heavy atom. The predicted molar refractivity (Wildman–Crippen MR) is 97.9 cm³/mol. The number of anilines is 1. The Morgan fingerprint density at radius 3 is 2.65 bits per heavy atom. The maximum Gasteiger partial charge on any atom is 0.323 e. The lowest BCUT2D eigenvalue weighted by Crippen LogP contribution is -2.46. The van der Waals surface area contributed by atoms with Crippen molar-refractivity contribution in [3.05, 3.63) is 28.7 Å². The minimum atomic E-state index is -0.405. The molecule has 0 spiro atoms. The monoisotopic (exact) mass is 360 g/mol. The molecule has 3 rings (SSSR count). The van der Waals surface area contributed by atoms with Crippen LogP contribution in [0.2, 0.25) is 0 Å². The lowest BCUT2D eigenvalue weighted by Gasteiger charge is -2.33. The fourth-order valence-electron chi connectivity index (χ4n) is 3.30. The Morgan fingerprint density at radius 2 is 1.96 bits per heavy atom. The smallest absolute Gasteiger partial charge is 0.323 e. The molecule has 1 atom stereocenters. The number of aromatic amines is 2. The molecule has 0 saturated carbocycles. The number of aromatic nitrogens is 2. The Bertz CT molecular complexity index is 848. The van der Waals surface area contributed by atoms with Crippen LogP contribution >= 0.6 is 0 Å². The lowest BCUT2D eigenvalue weighted by atomic mass is 9.96. The van der Waals surface area contributed by atoms with Gasteiger partial charge in [0.1, 0.15) is 6.04 Å². The highest BCUT2D eigenvalue weighted by Crippen LogP contribution is 2.20. The molecule has 1 aromatic heterocycles. The van der Waals surface area contributed by atoms with Gasteiger partial charge < -0.3 is 24.9 Å². The third-order valence-electron chi connectivity index (χ3n) is 4.70. The molecule has 2 heterocycles. The van der Waals surface area contributed by atoms with Crippen LogP contribution in [-0.4, -0.2) is 52.5 Å². The summed E-state index contributed by atoms with van der Waals surface area (Å²) in [6.07, 6.45) is 1.27. The van der Waals surface area contributed by atoms with Crippen LogP contribution in [0.15, 0.2) is 23.0 Å². The number of rotatable bonds is 5. The van der Waals surface area contributed by atoms with Gasteiger partial charge >= 0.3 is 11.7 Å². The number of H-pyrrole nitrogens is 2. The highest BCUT2D eigenvalue weighted by atomic mass is 16.5. The summed E-state index contributed by atoms with van der Waals surface area (Å²) in [4.78, 5) is 42.9. The molecule has 1 aliphatic heterocycles. The molecule has 8 heteroatoms. The molecule has 2 aromatic rings. The second kappa shape index (κ2) is 7.63. The Kier molecular flexibility index (Phi) is 5.29. The van der Waals surface area contributed by atoms with Crippen molar-refractivity contribution in [3.63, 3.8) is 0 Å². The van der Waals surface area contributed by atoms with Gasteiger partial charge in [0, 0.05) is 18.8 Å².